The maximum absolute atomic E-state index is 13.3. The number of nitrogens with one attached hydrogen (secondary N) is 2. The number of nitrogens with two attached hydrogens (primary N) is 1. The molecule has 0 spiro atoms. The minimum absolute atomic E-state index is 0.0325. The number of carboxylic acids is 1. The van der Waals surface area contributed by atoms with Crippen molar-refractivity contribution in [2.75, 3.05) is 10.8 Å². The largest absolute Gasteiger partial charge is 0.480 e. The fourth-order valence-corrected chi connectivity index (χ4v) is 5.46. The molecule has 2 heterocycles. The molecule has 0 aliphatic carbocycles. The number of aromatic nitrogens is 2. The number of hydrogen-bond donors (Lipinski definition) is 4. The molecule has 0 amide bonds. The van der Waals surface area contributed by atoms with Crippen LogP contribution in [0.15, 0.2) is 71.9 Å². The number of anilines is 1. The number of fused-ring (bicyclic) bond motifs is 1. The number of pyridine rings is 1. The molecule has 4 rings (SSSR count). The number of sulfonamides is 1. The predicted molar refractivity (Wildman–Crippen MR) is 140 cm³/mol. The summed E-state index contributed by atoms with van der Waals surface area (Å²) in [7, 11) is -4.28. The number of Topliss-reactive ketones (excluding diaryl/α,β-unsaturated/α-hetero) is 1. The first-order valence-electron chi connectivity index (χ1n) is 11.3. The van der Waals surface area contributed by atoms with E-state index in [4.69, 9.17) is 11.1 Å². The van der Waals surface area contributed by atoms with Crippen LogP contribution in [0.2, 0.25) is 0 Å². The molecular formula is C26H25N5O5S. The summed E-state index contributed by atoms with van der Waals surface area (Å²) in [6.45, 7) is 0.946. The van der Waals surface area contributed by atoms with E-state index in [0.29, 0.717) is 34.1 Å². The molecular weight excluding hydrogens is 494 g/mol. The molecule has 0 radical (unpaired) electrons. The number of H-pyrrole nitrogens is 1. The quantitative estimate of drug-likeness (QED) is 0.141. The van der Waals surface area contributed by atoms with Gasteiger partial charge < -0.3 is 15.8 Å². The maximum Gasteiger partial charge on any atom is 0.324 e. The molecule has 0 saturated heterocycles. The van der Waals surface area contributed by atoms with E-state index in [2.05, 4.69) is 9.97 Å². The SMILES string of the molecule is Cc1[nH]c2ccc(N(CC(=O)O)S(=O)(=O)c3ccccn3)cc2c1C(=O)CCc1ccc(C(=N)N)cc1. The zero-order valence-electron chi connectivity index (χ0n) is 19.9. The van der Waals surface area contributed by atoms with Crippen molar-refractivity contribution < 1.29 is 23.1 Å². The van der Waals surface area contributed by atoms with Crippen LogP contribution in [0, 0.1) is 12.3 Å². The smallest absolute Gasteiger partial charge is 0.324 e. The van der Waals surface area contributed by atoms with Crippen molar-refractivity contribution in [2.45, 2.75) is 24.8 Å². The summed E-state index contributed by atoms with van der Waals surface area (Å²) in [5, 5.41) is 17.1. The zero-order chi connectivity index (χ0) is 26.7. The summed E-state index contributed by atoms with van der Waals surface area (Å²) >= 11 is 0. The van der Waals surface area contributed by atoms with Crippen molar-refractivity contribution in [3.05, 3.63) is 89.2 Å². The third-order valence-corrected chi connectivity index (χ3v) is 7.60. The highest BCUT2D eigenvalue weighted by Crippen LogP contribution is 2.31. The Morgan fingerprint density at radius 3 is 2.46 bits per heavy atom. The second kappa shape index (κ2) is 10.2. The molecule has 0 unspecified atom stereocenters. The number of rotatable bonds is 10. The van der Waals surface area contributed by atoms with Gasteiger partial charge in [0, 0.05) is 40.3 Å². The molecule has 10 nitrogen and oxygen atoms in total. The Bertz CT molecular complexity index is 1600. The lowest BCUT2D eigenvalue weighted by Gasteiger charge is -2.22. The van der Waals surface area contributed by atoms with Crippen LogP contribution < -0.4 is 10.0 Å². The molecule has 37 heavy (non-hydrogen) atoms. The number of ketones is 1. The number of amidine groups is 1. The minimum Gasteiger partial charge on any atom is -0.480 e. The van der Waals surface area contributed by atoms with Crippen molar-refractivity contribution in [1.82, 2.24) is 9.97 Å². The number of nitrogens with zero attached hydrogens (tertiary/aromatic N) is 2. The van der Waals surface area contributed by atoms with E-state index in [-0.39, 0.29) is 28.8 Å². The minimum atomic E-state index is -4.28. The highest BCUT2D eigenvalue weighted by Gasteiger charge is 2.29. The van der Waals surface area contributed by atoms with Gasteiger partial charge in [0.1, 0.15) is 12.4 Å². The van der Waals surface area contributed by atoms with Crippen LogP contribution in [0.5, 0.6) is 0 Å². The first kappa shape index (κ1) is 25.6. The van der Waals surface area contributed by atoms with Crippen LogP contribution in [0.4, 0.5) is 5.69 Å². The number of aryl methyl sites for hydroxylation is 2. The molecule has 190 valence electrons. The number of carbonyl (C=O) groups is 2. The van der Waals surface area contributed by atoms with Gasteiger partial charge in [0.05, 0.1) is 5.69 Å². The lowest BCUT2D eigenvalue weighted by atomic mass is 9.99. The fraction of sp³-hybridized carbons (Fsp3) is 0.154. The summed E-state index contributed by atoms with van der Waals surface area (Å²) in [5.74, 6) is -1.51. The average Bonchev–Trinajstić information content (AvgIpc) is 3.21. The Labute approximate surface area is 213 Å². The van der Waals surface area contributed by atoms with E-state index in [1.54, 1.807) is 31.2 Å². The summed E-state index contributed by atoms with van der Waals surface area (Å²) in [5.41, 5.74) is 8.77. The highest BCUT2D eigenvalue weighted by atomic mass is 32.2. The van der Waals surface area contributed by atoms with E-state index in [1.807, 2.05) is 12.1 Å². The second-order valence-electron chi connectivity index (χ2n) is 8.46. The second-order valence-corrected chi connectivity index (χ2v) is 10.3. The molecule has 2 aromatic carbocycles. The van der Waals surface area contributed by atoms with Crippen molar-refractivity contribution in [2.24, 2.45) is 5.73 Å². The van der Waals surface area contributed by atoms with Gasteiger partial charge in [-0.25, -0.2) is 4.98 Å². The Balaban J connectivity index is 1.68. The monoisotopic (exact) mass is 519 g/mol. The standard InChI is InChI=1S/C26H25N5O5S/c1-16-25(22(32)12-7-17-5-8-18(9-6-17)26(27)28)20-14-19(10-11-21(20)30-16)31(15-24(33)34)37(35,36)23-4-2-3-13-29-23/h2-6,8-11,13-14,30H,7,12,15H2,1H3,(H3,27,28)(H,33,34). The maximum atomic E-state index is 13.3. The summed E-state index contributed by atoms with van der Waals surface area (Å²) < 4.78 is 27.3. The summed E-state index contributed by atoms with van der Waals surface area (Å²) in [6, 6.07) is 16.1. The lowest BCUT2D eigenvalue weighted by molar-refractivity contribution is -0.135. The summed E-state index contributed by atoms with van der Waals surface area (Å²) in [6.07, 6.45) is 1.97. The van der Waals surface area contributed by atoms with Crippen molar-refractivity contribution in [1.29, 1.82) is 5.41 Å². The van der Waals surface area contributed by atoms with Crippen LogP contribution in [-0.4, -0.2) is 47.6 Å². The molecule has 0 aliphatic rings. The lowest BCUT2D eigenvalue weighted by Crippen LogP contribution is -2.36. The van der Waals surface area contributed by atoms with Gasteiger partial charge in [-0.05, 0) is 49.2 Å². The van der Waals surface area contributed by atoms with Gasteiger partial charge in [0.25, 0.3) is 10.0 Å². The van der Waals surface area contributed by atoms with Crippen LogP contribution in [0.3, 0.4) is 0 Å². The molecule has 0 fully saturated rings. The van der Waals surface area contributed by atoms with Crippen LogP contribution in [-0.2, 0) is 21.2 Å². The number of aromatic amines is 1. The van der Waals surface area contributed by atoms with Gasteiger partial charge in [-0.15, -0.1) is 0 Å². The average molecular weight is 520 g/mol. The van der Waals surface area contributed by atoms with Crippen LogP contribution in [0.1, 0.15) is 33.6 Å². The molecule has 11 heteroatoms. The van der Waals surface area contributed by atoms with Gasteiger partial charge >= 0.3 is 5.97 Å². The molecule has 5 N–H and O–H groups in total. The molecule has 2 aromatic heterocycles. The van der Waals surface area contributed by atoms with E-state index >= 15 is 0 Å². The Morgan fingerprint density at radius 1 is 1.11 bits per heavy atom. The van der Waals surface area contributed by atoms with Gasteiger partial charge in [-0.2, -0.15) is 8.42 Å². The number of hydrogen-bond acceptors (Lipinski definition) is 6. The number of benzene rings is 2. The van der Waals surface area contributed by atoms with E-state index in [1.165, 1.54) is 30.5 Å². The van der Waals surface area contributed by atoms with E-state index in [9.17, 15) is 23.1 Å². The molecule has 4 aromatic rings. The third-order valence-electron chi connectivity index (χ3n) is 5.91. The molecule has 0 saturated carbocycles. The number of aliphatic carboxylic acids is 1. The topological polar surface area (TPSA) is 170 Å². The zero-order valence-corrected chi connectivity index (χ0v) is 20.7. The number of carbonyl (C=O) groups excluding carboxylic acids is 1. The van der Waals surface area contributed by atoms with Gasteiger partial charge in [0.15, 0.2) is 10.8 Å². The van der Waals surface area contributed by atoms with E-state index < -0.39 is 22.5 Å². The van der Waals surface area contributed by atoms with Crippen LogP contribution >= 0.6 is 0 Å². The molecule has 0 atom stereocenters. The number of nitrogen functional groups attached to an aromatic ring is 1. The van der Waals surface area contributed by atoms with Crippen molar-refractivity contribution >= 4 is 44.2 Å². The van der Waals surface area contributed by atoms with E-state index in [0.717, 1.165) is 9.87 Å². The predicted octanol–water partition coefficient (Wildman–Crippen LogP) is 3.25. The first-order chi connectivity index (χ1) is 17.6. The Hall–Kier alpha value is -4.51. The van der Waals surface area contributed by atoms with Gasteiger partial charge in [-0.3, -0.25) is 19.3 Å². The van der Waals surface area contributed by atoms with Crippen LogP contribution in [0.25, 0.3) is 10.9 Å². The van der Waals surface area contributed by atoms with Crippen molar-refractivity contribution in [3.63, 3.8) is 0 Å². The Kier molecular flexibility index (Phi) is 7.07. The Morgan fingerprint density at radius 2 is 1.84 bits per heavy atom. The number of carboxylic acid groups (broad SMARTS) is 1. The normalized spacial score (nSPS) is 11.4. The first-order valence-corrected chi connectivity index (χ1v) is 12.8. The summed E-state index contributed by atoms with van der Waals surface area (Å²) in [4.78, 5) is 31.9. The van der Waals surface area contributed by atoms with Gasteiger partial charge in [-0.1, -0.05) is 30.3 Å². The van der Waals surface area contributed by atoms with Gasteiger partial charge in [0.2, 0.25) is 0 Å². The van der Waals surface area contributed by atoms with Crippen molar-refractivity contribution in [3.8, 4) is 0 Å². The third kappa shape index (κ3) is 5.36. The molecule has 0 aliphatic heterocycles. The molecule has 0 bridgehead atoms. The fourth-order valence-electron chi connectivity index (χ4n) is 4.11. The highest BCUT2D eigenvalue weighted by molar-refractivity contribution is 7.92.